The molecule has 1 aliphatic heterocycles. The number of fused-ring (bicyclic) bond motifs is 1. The van der Waals surface area contributed by atoms with Gasteiger partial charge in [-0.3, -0.25) is 4.79 Å². The fraction of sp³-hybridized carbons (Fsp3) is 0.615. The van der Waals surface area contributed by atoms with E-state index in [1.54, 1.807) is 0 Å². The number of carbonyl (C=O) groups is 1. The van der Waals surface area contributed by atoms with E-state index in [2.05, 4.69) is 15.3 Å². The lowest BCUT2D eigenvalue weighted by molar-refractivity contribution is -0.131. The Bertz CT molecular complexity index is 543. The van der Waals surface area contributed by atoms with Crippen molar-refractivity contribution < 1.29 is 9.90 Å². The average Bonchev–Trinajstić information content (AvgIpc) is 2.89. The van der Waals surface area contributed by atoms with Gasteiger partial charge in [0, 0.05) is 6.04 Å². The van der Waals surface area contributed by atoms with Gasteiger partial charge in [0.05, 0.1) is 12.7 Å². The van der Waals surface area contributed by atoms with Gasteiger partial charge < -0.3 is 15.3 Å². The van der Waals surface area contributed by atoms with E-state index in [4.69, 9.17) is 11.6 Å². The van der Waals surface area contributed by atoms with Crippen LogP contribution in [0, 0.1) is 0 Å². The molecule has 2 aliphatic rings. The molecule has 1 amide bonds. The minimum Gasteiger partial charge on any atom is -0.378 e. The highest BCUT2D eigenvalue weighted by Crippen LogP contribution is 2.35. The molecule has 3 rings (SSSR count). The van der Waals surface area contributed by atoms with Gasteiger partial charge in [-0.2, -0.15) is 4.98 Å². The van der Waals surface area contributed by atoms with E-state index in [1.807, 2.05) is 4.90 Å². The third-order valence-corrected chi connectivity index (χ3v) is 4.17. The molecule has 6 nitrogen and oxygen atoms in total. The first kappa shape index (κ1) is 13.6. The molecule has 0 aromatic carbocycles. The third-order valence-electron chi connectivity index (χ3n) is 3.99. The molecule has 2 heterocycles. The first-order valence-corrected chi connectivity index (χ1v) is 7.18. The summed E-state index contributed by atoms with van der Waals surface area (Å²) >= 11 is 5.89. The monoisotopic (exact) mass is 296 g/mol. The molecule has 0 saturated heterocycles. The summed E-state index contributed by atoms with van der Waals surface area (Å²) in [5.74, 6) is 0.160. The lowest BCUT2D eigenvalue weighted by atomic mass is 10.0. The quantitative estimate of drug-likeness (QED) is 0.769. The molecule has 20 heavy (non-hydrogen) atoms. The van der Waals surface area contributed by atoms with Crippen LogP contribution in [0.4, 0.5) is 11.5 Å². The molecule has 1 unspecified atom stereocenters. The fourth-order valence-corrected chi connectivity index (χ4v) is 3.04. The van der Waals surface area contributed by atoms with Crippen LogP contribution in [0.25, 0.3) is 0 Å². The smallest absolute Gasteiger partial charge is 0.258 e. The molecule has 0 radical (unpaired) electrons. The van der Waals surface area contributed by atoms with Crippen molar-refractivity contribution in [2.45, 2.75) is 44.2 Å². The van der Waals surface area contributed by atoms with Crippen LogP contribution in [0.2, 0.25) is 5.28 Å². The van der Waals surface area contributed by atoms with Crippen molar-refractivity contribution in [1.82, 2.24) is 9.97 Å². The molecule has 1 aliphatic carbocycles. The molecule has 1 atom stereocenters. The van der Waals surface area contributed by atoms with Crippen molar-refractivity contribution in [3.8, 4) is 0 Å². The Morgan fingerprint density at radius 2 is 2.20 bits per heavy atom. The highest BCUT2D eigenvalue weighted by molar-refractivity contribution is 6.28. The average molecular weight is 297 g/mol. The molecule has 0 spiro atoms. The van der Waals surface area contributed by atoms with E-state index in [0.29, 0.717) is 11.5 Å². The minimum atomic E-state index is -1.46. The van der Waals surface area contributed by atoms with Crippen LogP contribution < -0.4 is 10.2 Å². The maximum atomic E-state index is 12.1. The number of halogens is 1. The van der Waals surface area contributed by atoms with Gasteiger partial charge in [-0.25, -0.2) is 4.98 Å². The van der Waals surface area contributed by atoms with Crippen LogP contribution in [0.3, 0.4) is 0 Å². The summed E-state index contributed by atoms with van der Waals surface area (Å²) in [7, 11) is 0. The van der Waals surface area contributed by atoms with E-state index in [-0.39, 0.29) is 17.9 Å². The Morgan fingerprint density at radius 3 is 2.90 bits per heavy atom. The van der Waals surface area contributed by atoms with Gasteiger partial charge in [-0.15, -0.1) is 0 Å². The number of hydrogen-bond acceptors (Lipinski definition) is 5. The van der Waals surface area contributed by atoms with E-state index < -0.39 is 11.5 Å². The Balaban J connectivity index is 2.06. The Kier molecular flexibility index (Phi) is 3.30. The van der Waals surface area contributed by atoms with Gasteiger partial charge in [-0.05, 0) is 31.4 Å². The number of anilines is 2. The van der Waals surface area contributed by atoms with Gasteiger partial charge in [0.25, 0.3) is 5.91 Å². The van der Waals surface area contributed by atoms with Crippen LogP contribution >= 0.6 is 11.6 Å². The standard InChI is InChI=1S/C13H17ClN4O2/c1-13(20)7-18(8-4-2-3-5-8)10-9(16-11(13)19)6-15-12(14)17-10/h6,8,20H,2-5,7H2,1H3,(H,16,19). The molecule has 1 aromatic rings. The molecular weight excluding hydrogens is 280 g/mol. The van der Waals surface area contributed by atoms with E-state index in [0.717, 1.165) is 25.7 Å². The molecule has 0 bridgehead atoms. The second-order valence-corrected chi connectivity index (χ2v) is 6.01. The van der Waals surface area contributed by atoms with Gasteiger partial charge in [0.1, 0.15) is 5.69 Å². The zero-order valence-electron chi connectivity index (χ0n) is 11.3. The fourth-order valence-electron chi connectivity index (χ4n) is 2.91. The third kappa shape index (κ3) is 2.33. The van der Waals surface area contributed by atoms with Crippen LogP contribution in [-0.2, 0) is 4.79 Å². The van der Waals surface area contributed by atoms with Crippen molar-refractivity contribution in [3.63, 3.8) is 0 Å². The number of amides is 1. The van der Waals surface area contributed by atoms with E-state index >= 15 is 0 Å². The maximum Gasteiger partial charge on any atom is 0.258 e. The molecular formula is C13H17ClN4O2. The number of aliphatic hydroxyl groups is 1. The van der Waals surface area contributed by atoms with Gasteiger partial charge in [0.15, 0.2) is 11.4 Å². The Labute approximate surface area is 122 Å². The van der Waals surface area contributed by atoms with Gasteiger partial charge >= 0.3 is 0 Å². The SMILES string of the molecule is CC1(O)CN(C2CCCC2)c2nc(Cl)ncc2NC1=O. The number of rotatable bonds is 1. The number of nitrogens with zero attached hydrogens (tertiary/aromatic N) is 3. The first-order valence-electron chi connectivity index (χ1n) is 6.80. The number of aromatic nitrogens is 2. The van der Waals surface area contributed by atoms with Crippen LogP contribution in [0.1, 0.15) is 32.6 Å². The van der Waals surface area contributed by atoms with Crippen molar-refractivity contribution >= 4 is 29.0 Å². The zero-order chi connectivity index (χ0) is 14.3. The number of β-amino-alcohol motifs (C(OH)–C–C–N with tert-alkyl or cyclic N) is 1. The largest absolute Gasteiger partial charge is 0.378 e. The molecule has 2 N–H and O–H groups in total. The predicted octanol–water partition coefficient (Wildman–Crippen LogP) is 1.58. The van der Waals surface area contributed by atoms with Crippen molar-refractivity contribution in [2.75, 3.05) is 16.8 Å². The summed E-state index contributed by atoms with van der Waals surface area (Å²) in [6.45, 7) is 1.73. The summed E-state index contributed by atoms with van der Waals surface area (Å²) in [5.41, 5.74) is -0.959. The highest BCUT2D eigenvalue weighted by atomic mass is 35.5. The second kappa shape index (κ2) is 4.86. The summed E-state index contributed by atoms with van der Waals surface area (Å²) in [6.07, 6.45) is 5.86. The van der Waals surface area contributed by atoms with E-state index in [1.165, 1.54) is 13.1 Å². The Hall–Kier alpha value is -1.40. The summed E-state index contributed by atoms with van der Waals surface area (Å²) in [6, 6.07) is 0.277. The lowest BCUT2D eigenvalue weighted by Crippen LogP contribution is -2.50. The van der Waals surface area contributed by atoms with Crippen LogP contribution in [0.5, 0.6) is 0 Å². The van der Waals surface area contributed by atoms with Crippen molar-refractivity contribution in [2.24, 2.45) is 0 Å². The number of nitrogens with one attached hydrogen (secondary N) is 1. The van der Waals surface area contributed by atoms with Crippen molar-refractivity contribution in [1.29, 1.82) is 0 Å². The molecule has 1 aromatic heterocycles. The Morgan fingerprint density at radius 1 is 1.50 bits per heavy atom. The normalized spacial score (nSPS) is 27.1. The number of carbonyl (C=O) groups excluding carboxylic acids is 1. The topological polar surface area (TPSA) is 78.3 Å². The predicted molar refractivity (Wildman–Crippen MR) is 75.9 cm³/mol. The molecule has 1 fully saturated rings. The second-order valence-electron chi connectivity index (χ2n) is 5.67. The van der Waals surface area contributed by atoms with Crippen LogP contribution in [-0.4, -0.2) is 39.2 Å². The summed E-state index contributed by atoms with van der Waals surface area (Å²) in [5, 5.41) is 13.2. The zero-order valence-corrected chi connectivity index (χ0v) is 12.0. The molecule has 7 heteroatoms. The minimum absolute atomic E-state index is 0.141. The van der Waals surface area contributed by atoms with Gasteiger partial charge in [0.2, 0.25) is 5.28 Å². The summed E-state index contributed by atoms with van der Waals surface area (Å²) in [4.78, 5) is 22.2. The van der Waals surface area contributed by atoms with Gasteiger partial charge in [-0.1, -0.05) is 12.8 Å². The van der Waals surface area contributed by atoms with E-state index in [9.17, 15) is 9.90 Å². The summed E-state index contributed by atoms with van der Waals surface area (Å²) < 4.78 is 0. The maximum absolute atomic E-state index is 12.1. The highest BCUT2D eigenvalue weighted by Gasteiger charge is 2.40. The van der Waals surface area contributed by atoms with Crippen molar-refractivity contribution in [3.05, 3.63) is 11.5 Å². The first-order chi connectivity index (χ1) is 9.47. The number of hydrogen-bond donors (Lipinski definition) is 2. The molecule has 108 valence electrons. The van der Waals surface area contributed by atoms with Crippen LogP contribution in [0.15, 0.2) is 6.20 Å². The lowest BCUT2D eigenvalue weighted by Gasteiger charge is -2.33. The molecule has 1 saturated carbocycles.